The first kappa shape index (κ1) is 11.9. The summed E-state index contributed by atoms with van der Waals surface area (Å²) in [6.07, 6.45) is 8.97. The molecule has 4 heteroatoms. The highest BCUT2D eigenvalue weighted by Gasteiger charge is 2.55. The fourth-order valence-electron chi connectivity index (χ4n) is 4.87. The molecule has 4 fully saturated rings. The lowest BCUT2D eigenvalue weighted by Gasteiger charge is -2.35. The molecule has 104 valence electrons. The summed E-state index contributed by atoms with van der Waals surface area (Å²) < 4.78 is 0. The summed E-state index contributed by atoms with van der Waals surface area (Å²) in [5.74, 6) is 0.277. The number of rotatable bonds is 1. The van der Waals surface area contributed by atoms with Crippen LogP contribution in [0.3, 0.4) is 0 Å². The molecule has 3 saturated heterocycles. The molecular formula is C15H22N2O2. The Bertz CT molecular complexity index is 416. The predicted octanol–water partition coefficient (Wildman–Crippen LogP) is 1.59. The van der Waals surface area contributed by atoms with E-state index in [0.717, 1.165) is 38.5 Å². The van der Waals surface area contributed by atoms with Crippen LogP contribution in [-0.2, 0) is 9.59 Å². The zero-order valence-corrected chi connectivity index (χ0v) is 11.4. The van der Waals surface area contributed by atoms with Gasteiger partial charge in [-0.3, -0.25) is 14.5 Å². The fraction of sp³-hybridized carbons (Fsp3) is 0.867. The third-order valence-electron chi connectivity index (χ3n) is 5.80. The second kappa shape index (κ2) is 4.05. The highest BCUT2D eigenvalue weighted by molar-refractivity contribution is 6.06. The van der Waals surface area contributed by atoms with E-state index in [1.54, 1.807) is 4.90 Å². The van der Waals surface area contributed by atoms with Crippen molar-refractivity contribution in [2.75, 3.05) is 0 Å². The van der Waals surface area contributed by atoms with E-state index >= 15 is 0 Å². The van der Waals surface area contributed by atoms with Crippen molar-refractivity contribution >= 4 is 11.8 Å². The van der Waals surface area contributed by atoms with E-state index in [0.29, 0.717) is 18.5 Å². The van der Waals surface area contributed by atoms with E-state index < -0.39 is 0 Å². The van der Waals surface area contributed by atoms with Gasteiger partial charge in [0.25, 0.3) is 0 Å². The van der Waals surface area contributed by atoms with Crippen LogP contribution < -0.4 is 5.32 Å². The van der Waals surface area contributed by atoms with Gasteiger partial charge in [-0.15, -0.1) is 0 Å². The lowest BCUT2D eigenvalue weighted by Crippen LogP contribution is -2.51. The lowest BCUT2D eigenvalue weighted by atomic mass is 9.84. The first-order valence-electron chi connectivity index (χ1n) is 7.80. The minimum atomic E-state index is -0.291. The Hall–Kier alpha value is -0.900. The summed E-state index contributed by atoms with van der Waals surface area (Å²) >= 11 is 0. The van der Waals surface area contributed by atoms with Gasteiger partial charge in [0, 0.05) is 24.5 Å². The van der Waals surface area contributed by atoms with E-state index in [9.17, 15) is 9.59 Å². The number of amides is 2. The Kier molecular flexibility index (Phi) is 2.53. The standard InChI is InChI=1S/C15H22N2O2/c18-13-9-15(5-1-2-6-15)14(19)17(13)12-7-10-3-4-11(8-12)16-10/h10-12,16H,1-9H2. The fourth-order valence-corrected chi connectivity index (χ4v) is 4.87. The number of hydrogen-bond donors (Lipinski definition) is 1. The molecular weight excluding hydrogens is 240 g/mol. The van der Waals surface area contributed by atoms with Crippen molar-refractivity contribution in [3.63, 3.8) is 0 Å². The highest BCUT2D eigenvalue weighted by Crippen LogP contribution is 2.48. The highest BCUT2D eigenvalue weighted by atomic mass is 16.2. The van der Waals surface area contributed by atoms with Gasteiger partial charge in [-0.1, -0.05) is 12.8 Å². The molecule has 3 aliphatic heterocycles. The second-order valence-electron chi connectivity index (χ2n) is 7.00. The van der Waals surface area contributed by atoms with Gasteiger partial charge in [0.2, 0.25) is 11.8 Å². The van der Waals surface area contributed by atoms with Gasteiger partial charge in [-0.05, 0) is 38.5 Å². The number of nitrogens with one attached hydrogen (secondary N) is 1. The molecule has 1 N–H and O–H groups in total. The molecule has 19 heavy (non-hydrogen) atoms. The molecule has 1 saturated carbocycles. The van der Waals surface area contributed by atoms with Crippen LogP contribution in [0.15, 0.2) is 0 Å². The van der Waals surface area contributed by atoms with Crippen molar-refractivity contribution in [1.82, 2.24) is 10.2 Å². The minimum absolute atomic E-state index is 0.109. The summed E-state index contributed by atoms with van der Waals surface area (Å²) in [6.45, 7) is 0. The van der Waals surface area contributed by atoms with Gasteiger partial charge >= 0.3 is 0 Å². The van der Waals surface area contributed by atoms with Crippen molar-refractivity contribution in [3.05, 3.63) is 0 Å². The Labute approximate surface area is 113 Å². The largest absolute Gasteiger partial charge is 0.311 e. The van der Waals surface area contributed by atoms with Crippen molar-refractivity contribution in [2.24, 2.45) is 5.41 Å². The van der Waals surface area contributed by atoms with Crippen LogP contribution in [0.4, 0.5) is 0 Å². The van der Waals surface area contributed by atoms with Crippen molar-refractivity contribution in [3.8, 4) is 0 Å². The van der Waals surface area contributed by atoms with E-state index in [-0.39, 0.29) is 23.3 Å². The maximum Gasteiger partial charge on any atom is 0.236 e. The molecule has 2 unspecified atom stereocenters. The normalized spacial score (nSPS) is 40.6. The van der Waals surface area contributed by atoms with Crippen molar-refractivity contribution in [2.45, 2.75) is 75.9 Å². The van der Waals surface area contributed by atoms with Gasteiger partial charge in [-0.2, -0.15) is 0 Å². The molecule has 2 atom stereocenters. The van der Waals surface area contributed by atoms with Crippen molar-refractivity contribution < 1.29 is 9.59 Å². The third-order valence-corrected chi connectivity index (χ3v) is 5.80. The monoisotopic (exact) mass is 262 g/mol. The molecule has 3 heterocycles. The number of piperidine rings is 1. The maximum absolute atomic E-state index is 12.8. The molecule has 1 spiro atoms. The Morgan fingerprint density at radius 2 is 1.68 bits per heavy atom. The third kappa shape index (κ3) is 1.69. The van der Waals surface area contributed by atoms with E-state index in [1.807, 2.05) is 0 Å². The summed E-state index contributed by atoms with van der Waals surface area (Å²) in [5, 5.41) is 3.59. The van der Waals surface area contributed by atoms with E-state index in [4.69, 9.17) is 0 Å². The molecule has 4 nitrogen and oxygen atoms in total. The summed E-state index contributed by atoms with van der Waals surface area (Å²) in [4.78, 5) is 26.8. The van der Waals surface area contributed by atoms with Gasteiger partial charge in [-0.25, -0.2) is 0 Å². The number of likely N-dealkylation sites (tertiary alicyclic amines) is 1. The first-order chi connectivity index (χ1) is 9.18. The zero-order chi connectivity index (χ0) is 13.0. The predicted molar refractivity (Wildman–Crippen MR) is 70.3 cm³/mol. The van der Waals surface area contributed by atoms with Gasteiger partial charge in [0.1, 0.15) is 0 Å². The molecule has 0 aromatic rings. The average Bonchev–Trinajstić information content (AvgIpc) is 3.03. The molecule has 2 bridgehead atoms. The van der Waals surface area contributed by atoms with Crippen LogP contribution in [0.1, 0.15) is 57.8 Å². The quantitative estimate of drug-likeness (QED) is 0.730. The van der Waals surface area contributed by atoms with E-state index in [2.05, 4.69) is 5.32 Å². The molecule has 0 aromatic heterocycles. The smallest absolute Gasteiger partial charge is 0.236 e. The first-order valence-corrected chi connectivity index (χ1v) is 7.80. The average molecular weight is 262 g/mol. The summed E-state index contributed by atoms with van der Waals surface area (Å²) in [7, 11) is 0. The topological polar surface area (TPSA) is 49.4 Å². The zero-order valence-electron chi connectivity index (χ0n) is 11.4. The molecule has 4 rings (SSSR count). The molecule has 0 aromatic carbocycles. The van der Waals surface area contributed by atoms with Crippen molar-refractivity contribution in [1.29, 1.82) is 0 Å². The number of carbonyl (C=O) groups excluding carboxylic acids is 2. The molecule has 2 amide bonds. The summed E-state index contributed by atoms with van der Waals surface area (Å²) in [6, 6.07) is 1.24. The van der Waals surface area contributed by atoms with Crippen LogP contribution in [0.5, 0.6) is 0 Å². The SMILES string of the molecule is O=C1CC2(CCCC2)C(=O)N1C1CC2CCC(C1)N2. The Morgan fingerprint density at radius 3 is 2.32 bits per heavy atom. The van der Waals surface area contributed by atoms with Gasteiger partial charge in [0.15, 0.2) is 0 Å². The number of imide groups is 1. The van der Waals surface area contributed by atoms with Crippen LogP contribution in [-0.4, -0.2) is 34.8 Å². The van der Waals surface area contributed by atoms with E-state index in [1.165, 1.54) is 12.8 Å². The Balaban J connectivity index is 1.58. The second-order valence-corrected chi connectivity index (χ2v) is 7.00. The number of carbonyl (C=O) groups is 2. The molecule has 1 aliphatic carbocycles. The maximum atomic E-state index is 12.8. The van der Waals surface area contributed by atoms with Crippen LogP contribution in [0.2, 0.25) is 0 Å². The minimum Gasteiger partial charge on any atom is -0.311 e. The molecule has 4 aliphatic rings. The number of fused-ring (bicyclic) bond motifs is 2. The Morgan fingerprint density at radius 1 is 1.05 bits per heavy atom. The summed E-state index contributed by atoms with van der Waals surface area (Å²) in [5.41, 5.74) is -0.291. The van der Waals surface area contributed by atoms with Crippen LogP contribution >= 0.6 is 0 Å². The number of nitrogens with zero attached hydrogens (tertiary/aromatic N) is 1. The molecule has 0 radical (unpaired) electrons. The number of hydrogen-bond acceptors (Lipinski definition) is 3. The van der Waals surface area contributed by atoms with Gasteiger partial charge < -0.3 is 5.32 Å². The van der Waals surface area contributed by atoms with Gasteiger partial charge in [0.05, 0.1) is 5.41 Å². The van der Waals surface area contributed by atoms with Crippen LogP contribution in [0, 0.1) is 5.41 Å². The van der Waals surface area contributed by atoms with Crippen LogP contribution in [0.25, 0.3) is 0 Å². The lowest BCUT2D eigenvalue weighted by molar-refractivity contribution is -0.144.